The van der Waals surface area contributed by atoms with Crippen molar-refractivity contribution in [3.63, 3.8) is 0 Å². The Bertz CT molecular complexity index is 378. The van der Waals surface area contributed by atoms with Gasteiger partial charge in [0.25, 0.3) is 0 Å². The summed E-state index contributed by atoms with van der Waals surface area (Å²) >= 11 is 0. The number of rotatable bonds is 6. The first-order valence-electron chi connectivity index (χ1n) is 6.10. The summed E-state index contributed by atoms with van der Waals surface area (Å²) in [6.07, 6.45) is 2.97. The molecule has 2 unspecified atom stereocenters. The zero-order valence-corrected chi connectivity index (χ0v) is 10.8. The highest BCUT2D eigenvalue weighted by atomic mass is 16.4. The van der Waals surface area contributed by atoms with Crippen molar-refractivity contribution in [1.82, 2.24) is 4.98 Å². The molecule has 0 amide bonds. The Morgan fingerprint density at radius 1 is 1.28 bits per heavy atom. The molecule has 1 rings (SSSR count). The van der Waals surface area contributed by atoms with Crippen LogP contribution in [0.4, 0.5) is 0 Å². The second kappa shape index (κ2) is 6.47. The maximum atomic E-state index is 10.8. The highest BCUT2D eigenvalue weighted by Gasteiger charge is 2.17. The SMILES string of the molecule is CC(N)CC(CC(C)N)c1ccc(C(=O)O)cn1. The summed E-state index contributed by atoms with van der Waals surface area (Å²) in [7, 11) is 0. The van der Waals surface area contributed by atoms with Crippen molar-refractivity contribution in [3.05, 3.63) is 29.6 Å². The van der Waals surface area contributed by atoms with Crippen LogP contribution in [0.3, 0.4) is 0 Å². The zero-order valence-electron chi connectivity index (χ0n) is 10.8. The summed E-state index contributed by atoms with van der Waals surface area (Å²) in [5.74, 6) is -0.794. The van der Waals surface area contributed by atoms with Gasteiger partial charge in [0.15, 0.2) is 0 Å². The van der Waals surface area contributed by atoms with Gasteiger partial charge in [-0.05, 0) is 38.8 Å². The first-order valence-corrected chi connectivity index (χ1v) is 6.10. The van der Waals surface area contributed by atoms with Crippen LogP contribution in [-0.2, 0) is 0 Å². The summed E-state index contributed by atoms with van der Waals surface area (Å²) in [6, 6.07) is 3.45. The van der Waals surface area contributed by atoms with Crippen molar-refractivity contribution in [2.45, 2.75) is 44.7 Å². The average molecular weight is 251 g/mol. The van der Waals surface area contributed by atoms with Crippen LogP contribution < -0.4 is 11.5 Å². The molecule has 0 saturated heterocycles. The molecule has 0 aromatic carbocycles. The number of hydrogen-bond donors (Lipinski definition) is 3. The van der Waals surface area contributed by atoms with Crippen LogP contribution in [0.1, 0.15) is 48.7 Å². The average Bonchev–Trinajstić information content (AvgIpc) is 2.27. The van der Waals surface area contributed by atoms with Crippen LogP contribution >= 0.6 is 0 Å². The molecule has 100 valence electrons. The third-order valence-corrected chi connectivity index (χ3v) is 2.76. The van der Waals surface area contributed by atoms with E-state index in [-0.39, 0.29) is 23.6 Å². The lowest BCUT2D eigenvalue weighted by Gasteiger charge is -2.20. The van der Waals surface area contributed by atoms with Gasteiger partial charge in [0.1, 0.15) is 0 Å². The summed E-state index contributed by atoms with van der Waals surface area (Å²) in [5.41, 5.74) is 12.7. The van der Waals surface area contributed by atoms with E-state index in [9.17, 15) is 4.79 Å². The largest absolute Gasteiger partial charge is 0.478 e. The standard InChI is InChI=1S/C13H21N3O2/c1-8(14)5-11(6-9(2)15)12-4-3-10(7-16-12)13(17)18/h3-4,7-9,11H,5-6,14-15H2,1-2H3,(H,17,18). The van der Waals surface area contributed by atoms with E-state index in [0.717, 1.165) is 18.5 Å². The number of pyridine rings is 1. The fourth-order valence-corrected chi connectivity index (χ4v) is 2.01. The molecule has 1 heterocycles. The molecule has 5 N–H and O–H groups in total. The lowest BCUT2D eigenvalue weighted by molar-refractivity contribution is 0.0696. The van der Waals surface area contributed by atoms with Gasteiger partial charge in [0.05, 0.1) is 5.56 Å². The topological polar surface area (TPSA) is 102 Å². The van der Waals surface area contributed by atoms with Gasteiger partial charge in [-0.1, -0.05) is 0 Å². The molecule has 0 aliphatic heterocycles. The van der Waals surface area contributed by atoms with Crippen molar-refractivity contribution in [2.24, 2.45) is 11.5 Å². The predicted molar refractivity (Wildman–Crippen MR) is 70.5 cm³/mol. The van der Waals surface area contributed by atoms with Crippen LogP contribution in [0.5, 0.6) is 0 Å². The van der Waals surface area contributed by atoms with Crippen LogP contribution in [0.2, 0.25) is 0 Å². The monoisotopic (exact) mass is 251 g/mol. The summed E-state index contributed by atoms with van der Waals surface area (Å²) in [5, 5.41) is 8.83. The Balaban J connectivity index is 2.87. The number of carboxylic acids is 1. The molecule has 0 aliphatic rings. The number of aromatic carboxylic acids is 1. The van der Waals surface area contributed by atoms with Crippen LogP contribution in [0.25, 0.3) is 0 Å². The minimum atomic E-state index is -0.968. The van der Waals surface area contributed by atoms with Crippen molar-refractivity contribution in [1.29, 1.82) is 0 Å². The normalized spacial score (nSPS) is 16.0. The summed E-state index contributed by atoms with van der Waals surface area (Å²) in [6.45, 7) is 3.89. The predicted octanol–water partition coefficient (Wildman–Crippen LogP) is 1.34. The maximum Gasteiger partial charge on any atom is 0.337 e. The first-order chi connectivity index (χ1) is 8.40. The molecule has 5 nitrogen and oxygen atoms in total. The van der Waals surface area contributed by atoms with Crippen molar-refractivity contribution >= 4 is 5.97 Å². The van der Waals surface area contributed by atoms with Gasteiger partial charge >= 0.3 is 5.97 Å². The Hall–Kier alpha value is -1.46. The van der Waals surface area contributed by atoms with Crippen LogP contribution in [-0.4, -0.2) is 28.1 Å². The van der Waals surface area contributed by atoms with E-state index in [1.165, 1.54) is 6.20 Å². The Morgan fingerprint density at radius 2 is 1.83 bits per heavy atom. The van der Waals surface area contributed by atoms with Crippen molar-refractivity contribution in [2.75, 3.05) is 0 Å². The summed E-state index contributed by atoms with van der Waals surface area (Å²) in [4.78, 5) is 15.0. The highest BCUT2D eigenvalue weighted by Crippen LogP contribution is 2.24. The zero-order chi connectivity index (χ0) is 13.7. The van der Waals surface area contributed by atoms with Gasteiger partial charge in [-0.15, -0.1) is 0 Å². The van der Waals surface area contributed by atoms with Gasteiger partial charge in [-0.2, -0.15) is 0 Å². The lowest BCUT2D eigenvalue weighted by atomic mass is 9.91. The number of carboxylic acid groups (broad SMARTS) is 1. The second-order valence-corrected chi connectivity index (χ2v) is 4.90. The Kier molecular flexibility index (Phi) is 5.25. The number of nitrogens with two attached hydrogens (primary N) is 2. The summed E-state index contributed by atoms with van der Waals surface area (Å²) < 4.78 is 0. The van der Waals surface area contributed by atoms with Gasteiger partial charge in [-0.25, -0.2) is 4.79 Å². The highest BCUT2D eigenvalue weighted by molar-refractivity contribution is 5.87. The molecule has 1 aromatic rings. The van der Waals surface area contributed by atoms with Gasteiger partial charge < -0.3 is 16.6 Å². The van der Waals surface area contributed by atoms with Crippen molar-refractivity contribution in [3.8, 4) is 0 Å². The third-order valence-electron chi connectivity index (χ3n) is 2.76. The number of carbonyl (C=O) groups is 1. The smallest absolute Gasteiger partial charge is 0.337 e. The van der Waals surface area contributed by atoms with E-state index in [2.05, 4.69) is 4.98 Å². The van der Waals surface area contributed by atoms with Gasteiger partial charge in [-0.3, -0.25) is 4.98 Å². The fraction of sp³-hybridized carbons (Fsp3) is 0.538. The van der Waals surface area contributed by atoms with Crippen molar-refractivity contribution < 1.29 is 9.90 Å². The Labute approximate surface area is 107 Å². The minimum absolute atomic E-state index is 0.0645. The molecule has 18 heavy (non-hydrogen) atoms. The third kappa shape index (κ3) is 4.43. The van der Waals surface area contributed by atoms with E-state index in [4.69, 9.17) is 16.6 Å². The molecule has 0 radical (unpaired) electrons. The number of aromatic nitrogens is 1. The minimum Gasteiger partial charge on any atom is -0.478 e. The second-order valence-electron chi connectivity index (χ2n) is 4.90. The molecule has 2 atom stereocenters. The number of nitrogens with zero attached hydrogens (tertiary/aromatic N) is 1. The first kappa shape index (κ1) is 14.6. The molecular formula is C13H21N3O2. The quantitative estimate of drug-likeness (QED) is 0.708. The number of hydrogen-bond acceptors (Lipinski definition) is 4. The Morgan fingerprint density at radius 3 is 2.17 bits per heavy atom. The van der Waals surface area contributed by atoms with Gasteiger partial charge in [0, 0.05) is 29.9 Å². The van der Waals surface area contributed by atoms with E-state index in [1.54, 1.807) is 12.1 Å². The molecule has 5 heteroatoms. The molecule has 0 fully saturated rings. The van der Waals surface area contributed by atoms with Crippen LogP contribution in [0, 0.1) is 0 Å². The maximum absolute atomic E-state index is 10.8. The molecular weight excluding hydrogens is 230 g/mol. The van der Waals surface area contributed by atoms with Crippen LogP contribution in [0.15, 0.2) is 18.3 Å². The van der Waals surface area contributed by atoms with E-state index < -0.39 is 5.97 Å². The fourth-order valence-electron chi connectivity index (χ4n) is 2.01. The molecule has 0 spiro atoms. The molecule has 0 bridgehead atoms. The van der Waals surface area contributed by atoms with Gasteiger partial charge in [0.2, 0.25) is 0 Å². The molecule has 1 aromatic heterocycles. The molecule has 0 aliphatic carbocycles. The lowest BCUT2D eigenvalue weighted by Crippen LogP contribution is -2.24. The van der Waals surface area contributed by atoms with E-state index >= 15 is 0 Å². The van der Waals surface area contributed by atoms with E-state index in [1.807, 2.05) is 13.8 Å². The van der Waals surface area contributed by atoms with E-state index in [0.29, 0.717) is 0 Å². The molecule has 0 saturated carbocycles.